The molecule has 1 heterocycles. The SMILES string of the molecule is CCC(C(=O)Nc1c(C)cc(Cl)cc1C)[P+]1(C)CCCC1. The topological polar surface area (TPSA) is 29.1 Å². The van der Waals surface area contributed by atoms with Gasteiger partial charge in [-0.3, -0.25) is 4.79 Å². The minimum absolute atomic E-state index is 0.203. The largest absolute Gasteiger partial charge is 0.322 e. The minimum atomic E-state index is -1.10. The average Bonchev–Trinajstić information content (AvgIpc) is 2.82. The molecule has 0 saturated carbocycles. The third-order valence-corrected chi connectivity index (χ3v) is 9.77. The maximum Gasteiger partial charge on any atom is 0.265 e. The molecule has 1 N–H and O–H groups in total. The van der Waals surface area contributed by atoms with E-state index in [1.165, 1.54) is 25.2 Å². The Morgan fingerprint density at radius 1 is 1.29 bits per heavy atom. The summed E-state index contributed by atoms with van der Waals surface area (Å²) in [5.74, 6) is 0.212. The van der Waals surface area contributed by atoms with Crippen LogP contribution in [0.5, 0.6) is 0 Å². The highest BCUT2D eigenvalue weighted by molar-refractivity contribution is 7.77. The first-order chi connectivity index (χ1) is 9.87. The molecule has 4 heteroatoms. The van der Waals surface area contributed by atoms with Gasteiger partial charge in [-0.05, 0) is 56.4 Å². The molecule has 1 saturated heterocycles. The van der Waals surface area contributed by atoms with Gasteiger partial charge in [0, 0.05) is 24.6 Å². The summed E-state index contributed by atoms with van der Waals surface area (Å²) in [5.41, 5.74) is 3.22. The average molecular weight is 327 g/mol. The molecular formula is C17H26ClNOP+. The lowest BCUT2D eigenvalue weighted by atomic mass is 10.1. The van der Waals surface area contributed by atoms with Crippen molar-refractivity contribution in [3.8, 4) is 0 Å². The van der Waals surface area contributed by atoms with Crippen molar-refractivity contribution in [1.29, 1.82) is 0 Å². The minimum Gasteiger partial charge on any atom is -0.322 e. The molecule has 0 spiro atoms. The first-order valence-electron chi connectivity index (χ1n) is 7.79. The number of hydrogen-bond acceptors (Lipinski definition) is 1. The fourth-order valence-corrected chi connectivity index (χ4v) is 8.17. The van der Waals surface area contributed by atoms with E-state index in [4.69, 9.17) is 11.6 Å². The second kappa shape index (κ2) is 6.67. The molecule has 1 aromatic rings. The van der Waals surface area contributed by atoms with Crippen LogP contribution < -0.4 is 5.32 Å². The number of nitrogens with one attached hydrogen (secondary N) is 1. The van der Waals surface area contributed by atoms with Crippen molar-refractivity contribution in [1.82, 2.24) is 0 Å². The van der Waals surface area contributed by atoms with Gasteiger partial charge in [0.1, 0.15) is 5.66 Å². The number of amides is 1. The lowest BCUT2D eigenvalue weighted by Crippen LogP contribution is -2.31. The van der Waals surface area contributed by atoms with Crippen LogP contribution in [0.1, 0.15) is 37.3 Å². The summed E-state index contributed by atoms with van der Waals surface area (Å²) < 4.78 is 0. The molecule has 0 bridgehead atoms. The standard InChI is InChI=1S/C17H25ClNOP/c1-5-15(21(4)8-6-7-9-21)17(20)19-16-12(2)10-14(18)11-13(16)3/h10-11,15H,5-9H2,1-4H3/p+1. The van der Waals surface area contributed by atoms with Gasteiger partial charge in [-0.15, -0.1) is 0 Å². The van der Waals surface area contributed by atoms with Gasteiger partial charge in [0.05, 0.1) is 12.3 Å². The molecule has 0 aromatic heterocycles. The van der Waals surface area contributed by atoms with Crippen molar-refractivity contribution >= 4 is 30.5 Å². The van der Waals surface area contributed by atoms with Gasteiger partial charge in [0.2, 0.25) is 0 Å². The van der Waals surface area contributed by atoms with E-state index in [-0.39, 0.29) is 11.6 Å². The number of halogens is 1. The Morgan fingerprint density at radius 2 is 1.81 bits per heavy atom. The van der Waals surface area contributed by atoms with E-state index in [0.717, 1.165) is 28.3 Å². The van der Waals surface area contributed by atoms with Gasteiger partial charge in [0.25, 0.3) is 5.91 Å². The maximum absolute atomic E-state index is 12.8. The molecule has 1 aromatic carbocycles. The van der Waals surface area contributed by atoms with Crippen LogP contribution in [-0.2, 0) is 4.79 Å². The van der Waals surface area contributed by atoms with Crippen molar-refractivity contribution in [3.05, 3.63) is 28.3 Å². The van der Waals surface area contributed by atoms with Crippen LogP contribution in [0.4, 0.5) is 5.69 Å². The molecule has 1 aliphatic rings. The second-order valence-corrected chi connectivity index (χ2v) is 11.4. The van der Waals surface area contributed by atoms with Gasteiger partial charge in [-0.2, -0.15) is 0 Å². The number of rotatable bonds is 4. The van der Waals surface area contributed by atoms with E-state index in [2.05, 4.69) is 18.9 Å². The fraction of sp³-hybridized carbons (Fsp3) is 0.588. The Bertz CT molecular complexity index is 515. The number of benzene rings is 1. The van der Waals surface area contributed by atoms with Gasteiger partial charge in [-0.25, -0.2) is 0 Å². The van der Waals surface area contributed by atoms with Crippen molar-refractivity contribution in [2.45, 2.75) is 45.7 Å². The second-order valence-electron chi connectivity index (χ2n) is 6.46. The molecule has 1 amide bonds. The lowest BCUT2D eigenvalue weighted by Gasteiger charge is -2.26. The molecule has 0 radical (unpaired) electrons. The number of anilines is 1. The third-order valence-electron chi connectivity index (χ3n) is 4.78. The summed E-state index contributed by atoms with van der Waals surface area (Å²) >= 11 is 6.07. The number of hydrogen-bond donors (Lipinski definition) is 1. The molecule has 1 aliphatic heterocycles. The van der Waals surface area contributed by atoms with Crippen LogP contribution in [0.15, 0.2) is 12.1 Å². The Hall–Kier alpha value is -0.590. The zero-order valence-electron chi connectivity index (χ0n) is 13.5. The summed E-state index contributed by atoms with van der Waals surface area (Å²) in [6.07, 6.45) is 6.09. The zero-order chi connectivity index (χ0) is 15.6. The molecule has 1 atom stereocenters. The monoisotopic (exact) mass is 326 g/mol. The third kappa shape index (κ3) is 3.60. The van der Waals surface area contributed by atoms with Crippen LogP contribution in [0.2, 0.25) is 5.02 Å². The van der Waals surface area contributed by atoms with Crippen LogP contribution in [-0.4, -0.2) is 30.6 Å². The number of carbonyl (C=O) groups excluding carboxylic acids is 1. The Morgan fingerprint density at radius 3 is 2.29 bits per heavy atom. The highest BCUT2D eigenvalue weighted by Gasteiger charge is 2.46. The number of carbonyl (C=O) groups is 1. The van der Waals surface area contributed by atoms with Crippen molar-refractivity contribution in [2.75, 3.05) is 24.3 Å². The maximum atomic E-state index is 12.8. The first kappa shape index (κ1) is 16.8. The summed E-state index contributed by atoms with van der Waals surface area (Å²) in [4.78, 5) is 12.8. The molecule has 1 unspecified atom stereocenters. The lowest BCUT2D eigenvalue weighted by molar-refractivity contribution is -0.115. The Labute approximate surface area is 134 Å². The van der Waals surface area contributed by atoms with E-state index in [0.29, 0.717) is 0 Å². The van der Waals surface area contributed by atoms with E-state index >= 15 is 0 Å². The van der Waals surface area contributed by atoms with Crippen molar-refractivity contribution in [3.63, 3.8) is 0 Å². The van der Waals surface area contributed by atoms with Gasteiger partial charge in [-0.1, -0.05) is 18.5 Å². The van der Waals surface area contributed by atoms with E-state index < -0.39 is 7.26 Å². The first-order valence-corrected chi connectivity index (χ1v) is 10.8. The van der Waals surface area contributed by atoms with E-state index in [1.807, 2.05) is 26.0 Å². The molecule has 21 heavy (non-hydrogen) atoms. The Balaban J connectivity index is 2.20. The van der Waals surface area contributed by atoms with Gasteiger partial charge >= 0.3 is 0 Å². The molecular weight excluding hydrogens is 301 g/mol. The molecule has 0 aliphatic carbocycles. The van der Waals surface area contributed by atoms with Gasteiger partial charge < -0.3 is 5.32 Å². The van der Waals surface area contributed by atoms with Gasteiger partial charge in [0.15, 0.2) is 0 Å². The van der Waals surface area contributed by atoms with Crippen LogP contribution in [0.3, 0.4) is 0 Å². The summed E-state index contributed by atoms with van der Waals surface area (Å²) in [6.45, 7) is 8.54. The summed E-state index contributed by atoms with van der Waals surface area (Å²) in [6, 6.07) is 3.83. The van der Waals surface area contributed by atoms with E-state index in [9.17, 15) is 4.79 Å². The highest BCUT2D eigenvalue weighted by atomic mass is 35.5. The fourth-order valence-electron chi connectivity index (χ4n) is 3.59. The zero-order valence-corrected chi connectivity index (χ0v) is 15.2. The summed E-state index contributed by atoms with van der Waals surface area (Å²) in [7, 11) is -1.10. The predicted octanol–water partition coefficient (Wildman–Crippen LogP) is 5.12. The van der Waals surface area contributed by atoms with Crippen molar-refractivity contribution in [2.24, 2.45) is 0 Å². The van der Waals surface area contributed by atoms with Crippen molar-refractivity contribution < 1.29 is 4.79 Å². The quantitative estimate of drug-likeness (QED) is 0.765. The van der Waals surface area contributed by atoms with E-state index in [1.54, 1.807) is 0 Å². The predicted molar refractivity (Wildman–Crippen MR) is 95.4 cm³/mol. The van der Waals surface area contributed by atoms with Crippen LogP contribution in [0.25, 0.3) is 0 Å². The smallest absolute Gasteiger partial charge is 0.265 e. The summed E-state index contributed by atoms with van der Waals surface area (Å²) in [5, 5.41) is 3.92. The Kier molecular flexibility index (Phi) is 5.33. The molecule has 116 valence electrons. The molecule has 1 fully saturated rings. The van der Waals surface area contributed by atoms with Crippen LogP contribution >= 0.6 is 18.9 Å². The van der Waals surface area contributed by atoms with Crippen LogP contribution in [0, 0.1) is 13.8 Å². The molecule has 2 nitrogen and oxygen atoms in total. The highest BCUT2D eigenvalue weighted by Crippen LogP contribution is 2.65. The number of aryl methyl sites for hydroxylation is 2. The normalized spacial score (nSPS) is 18.5. The molecule has 2 rings (SSSR count).